The molecule has 1 fully saturated rings. The average molecular weight is 365 g/mol. The molecule has 1 aliphatic carbocycles. The molecule has 2 heterocycles. The fraction of sp³-hybridized carbons (Fsp3) is 0.562. The molecule has 1 aliphatic rings. The van der Waals surface area contributed by atoms with Crippen molar-refractivity contribution < 1.29 is 13.2 Å². The Balaban J connectivity index is 1.83. The number of rotatable bonds is 6. The van der Waals surface area contributed by atoms with Crippen LogP contribution in [-0.2, 0) is 21.7 Å². The second-order valence-electron chi connectivity index (χ2n) is 6.69. The van der Waals surface area contributed by atoms with Crippen LogP contribution in [0.4, 0.5) is 5.82 Å². The maximum absolute atomic E-state index is 12.8. The van der Waals surface area contributed by atoms with E-state index in [2.05, 4.69) is 15.5 Å². The molecule has 0 spiro atoms. The molecule has 3 rings (SSSR count). The summed E-state index contributed by atoms with van der Waals surface area (Å²) in [6.45, 7) is 0. The van der Waals surface area contributed by atoms with Gasteiger partial charge < -0.3 is 5.32 Å². The lowest BCUT2D eigenvalue weighted by molar-refractivity contribution is -0.120. The Morgan fingerprint density at radius 3 is 2.68 bits per heavy atom. The first-order valence-electron chi connectivity index (χ1n) is 8.37. The molecule has 1 saturated carbocycles. The summed E-state index contributed by atoms with van der Waals surface area (Å²) >= 11 is 0. The summed E-state index contributed by atoms with van der Waals surface area (Å²) in [6.07, 6.45) is 10.8. The maximum Gasteiger partial charge on any atom is 0.250 e. The second kappa shape index (κ2) is 6.99. The highest BCUT2D eigenvalue weighted by atomic mass is 32.2. The van der Waals surface area contributed by atoms with Gasteiger partial charge in [0.25, 0.3) is 0 Å². The van der Waals surface area contributed by atoms with Crippen LogP contribution < -0.4 is 5.32 Å². The SMILES string of the molecule is Cn1ccc(NC(=O)[C@H](CC2CCCC2)n2cc(S(C)(=O)=O)cn2)n1. The van der Waals surface area contributed by atoms with Crippen molar-refractivity contribution >= 4 is 21.6 Å². The second-order valence-corrected chi connectivity index (χ2v) is 8.71. The van der Waals surface area contributed by atoms with Crippen molar-refractivity contribution in [3.8, 4) is 0 Å². The topological polar surface area (TPSA) is 98.9 Å². The zero-order valence-electron chi connectivity index (χ0n) is 14.4. The van der Waals surface area contributed by atoms with Gasteiger partial charge in [0.2, 0.25) is 5.91 Å². The van der Waals surface area contributed by atoms with Gasteiger partial charge in [-0.25, -0.2) is 8.42 Å². The number of hydrogen-bond acceptors (Lipinski definition) is 5. The number of nitrogens with one attached hydrogen (secondary N) is 1. The third-order valence-corrected chi connectivity index (χ3v) is 5.69. The van der Waals surface area contributed by atoms with Gasteiger partial charge in [-0.15, -0.1) is 0 Å². The van der Waals surface area contributed by atoms with E-state index < -0.39 is 15.9 Å². The van der Waals surface area contributed by atoms with Crippen LogP contribution in [0.2, 0.25) is 0 Å². The molecule has 0 aliphatic heterocycles. The van der Waals surface area contributed by atoms with Gasteiger partial charge in [0, 0.05) is 31.8 Å². The first-order chi connectivity index (χ1) is 11.8. The minimum Gasteiger partial charge on any atom is -0.307 e. The Kier molecular flexibility index (Phi) is 4.94. The number of anilines is 1. The summed E-state index contributed by atoms with van der Waals surface area (Å²) in [5.41, 5.74) is 0. The molecule has 0 bridgehead atoms. The standard InChI is InChI=1S/C16H23N5O3S/c1-20-8-7-15(19-20)18-16(22)14(9-12-5-3-4-6-12)21-11-13(10-17-21)25(2,23)24/h7-8,10-12,14H,3-6,9H2,1-2H3,(H,18,19,22)/t14-/m0/s1. The maximum atomic E-state index is 12.8. The van der Waals surface area contributed by atoms with Gasteiger partial charge in [-0.1, -0.05) is 25.7 Å². The molecule has 0 unspecified atom stereocenters. The molecule has 1 atom stereocenters. The molecule has 2 aromatic heterocycles. The van der Waals surface area contributed by atoms with Crippen LogP contribution in [-0.4, -0.2) is 40.1 Å². The zero-order valence-corrected chi connectivity index (χ0v) is 15.2. The highest BCUT2D eigenvalue weighted by Crippen LogP contribution is 2.32. The largest absolute Gasteiger partial charge is 0.307 e. The molecule has 136 valence electrons. The molecular formula is C16H23N5O3S. The van der Waals surface area contributed by atoms with E-state index in [1.54, 1.807) is 24.0 Å². The van der Waals surface area contributed by atoms with Crippen LogP contribution in [0, 0.1) is 5.92 Å². The molecular weight excluding hydrogens is 342 g/mol. The van der Waals surface area contributed by atoms with E-state index in [0.29, 0.717) is 18.2 Å². The van der Waals surface area contributed by atoms with E-state index in [0.717, 1.165) is 19.1 Å². The number of carbonyl (C=O) groups is 1. The van der Waals surface area contributed by atoms with Gasteiger partial charge in [-0.3, -0.25) is 14.2 Å². The van der Waals surface area contributed by atoms with Gasteiger partial charge in [-0.05, 0) is 12.3 Å². The van der Waals surface area contributed by atoms with Gasteiger partial charge >= 0.3 is 0 Å². The lowest BCUT2D eigenvalue weighted by Gasteiger charge is -2.20. The first kappa shape index (κ1) is 17.7. The van der Waals surface area contributed by atoms with Crippen LogP contribution in [0.15, 0.2) is 29.6 Å². The van der Waals surface area contributed by atoms with E-state index in [1.807, 2.05) is 0 Å². The monoisotopic (exact) mass is 365 g/mol. The summed E-state index contributed by atoms with van der Waals surface area (Å²) in [6, 6.07) is 1.16. The third kappa shape index (κ3) is 4.28. The summed E-state index contributed by atoms with van der Waals surface area (Å²) < 4.78 is 26.5. The Bertz CT molecular complexity index is 849. The van der Waals surface area contributed by atoms with Crippen molar-refractivity contribution in [3.63, 3.8) is 0 Å². The minimum atomic E-state index is -3.35. The van der Waals surface area contributed by atoms with E-state index >= 15 is 0 Å². The number of aryl methyl sites for hydroxylation is 1. The third-order valence-electron chi connectivity index (χ3n) is 4.62. The van der Waals surface area contributed by atoms with Gasteiger partial charge in [-0.2, -0.15) is 10.2 Å². The first-order valence-corrected chi connectivity index (χ1v) is 10.3. The van der Waals surface area contributed by atoms with E-state index in [4.69, 9.17) is 0 Å². The van der Waals surface area contributed by atoms with Crippen LogP contribution >= 0.6 is 0 Å². The average Bonchev–Trinajstić information content (AvgIpc) is 3.25. The molecule has 0 aromatic carbocycles. The summed E-state index contributed by atoms with van der Waals surface area (Å²) in [4.78, 5) is 12.9. The summed E-state index contributed by atoms with van der Waals surface area (Å²) in [5, 5.41) is 11.1. The fourth-order valence-electron chi connectivity index (χ4n) is 3.27. The van der Waals surface area contributed by atoms with E-state index in [9.17, 15) is 13.2 Å². The zero-order chi connectivity index (χ0) is 18.0. The van der Waals surface area contributed by atoms with Crippen LogP contribution in [0.25, 0.3) is 0 Å². The van der Waals surface area contributed by atoms with Crippen molar-refractivity contribution in [3.05, 3.63) is 24.7 Å². The number of aromatic nitrogens is 4. The van der Waals surface area contributed by atoms with Crippen molar-refractivity contribution in [1.29, 1.82) is 0 Å². The quantitative estimate of drug-likeness (QED) is 0.841. The van der Waals surface area contributed by atoms with Crippen molar-refractivity contribution in [2.24, 2.45) is 13.0 Å². The fourth-order valence-corrected chi connectivity index (χ4v) is 3.81. The van der Waals surface area contributed by atoms with Gasteiger partial charge in [0.15, 0.2) is 15.7 Å². The van der Waals surface area contributed by atoms with Crippen LogP contribution in [0.5, 0.6) is 0 Å². The predicted octanol–water partition coefficient (Wildman–Crippen LogP) is 1.78. The van der Waals surface area contributed by atoms with Crippen LogP contribution in [0.1, 0.15) is 38.1 Å². The number of hydrogen-bond donors (Lipinski definition) is 1. The lowest BCUT2D eigenvalue weighted by Crippen LogP contribution is -2.28. The predicted molar refractivity (Wildman–Crippen MR) is 92.8 cm³/mol. The molecule has 9 heteroatoms. The Hall–Kier alpha value is -2.16. The molecule has 1 N–H and O–H groups in total. The van der Waals surface area contributed by atoms with E-state index in [-0.39, 0.29) is 10.8 Å². The molecule has 2 aromatic rings. The number of carbonyl (C=O) groups excluding carboxylic acids is 1. The Morgan fingerprint density at radius 2 is 2.12 bits per heavy atom. The smallest absolute Gasteiger partial charge is 0.250 e. The van der Waals surface area contributed by atoms with E-state index in [1.165, 1.54) is 29.9 Å². The highest BCUT2D eigenvalue weighted by Gasteiger charge is 2.28. The molecule has 25 heavy (non-hydrogen) atoms. The number of sulfone groups is 1. The molecule has 0 radical (unpaired) electrons. The lowest BCUT2D eigenvalue weighted by atomic mass is 9.98. The van der Waals surface area contributed by atoms with Crippen molar-refractivity contribution in [1.82, 2.24) is 19.6 Å². The molecule has 1 amide bonds. The number of amides is 1. The minimum absolute atomic E-state index is 0.120. The van der Waals surface area contributed by atoms with Crippen molar-refractivity contribution in [2.75, 3.05) is 11.6 Å². The van der Waals surface area contributed by atoms with Crippen molar-refractivity contribution in [2.45, 2.75) is 43.0 Å². The summed E-state index contributed by atoms with van der Waals surface area (Å²) in [5.74, 6) is 0.693. The molecule has 8 nitrogen and oxygen atoms in total. The summed E-state index contributed by atoms with van der Waals surface area (Å²) in [7, 11) is -1.58. The van der Waals surface area contributed by atoms with Gasteiger partial charge in [0.05, 0.1) is 6.20 Å². The Morgan fingerprint density at radius 1 is 1.40 bits per heavy atom. The highest BCUT2D eigenvalue weighted by molar-refractivity contribution is 7.90. The van der Waals surface area contributed by atoms with Gasteiger partial charge in [0.1, 0.15) is 10.9 Å². The van der Waals surface area contributed by atoms with Crippen LogP contribution in [0.3, 0.4) is 0 Å². The number of nitrogens with zero attached hydrogens (tertiary/aromatic N) is 4. The normalized spacial score (nSPS) is 16.9. The molecule has 0 saturated heterocycles. The Labute approximate surface area is 147 Å².